The molecule has 2 N–H and O–H groups in total. The second-order valence-electron chi connectivity index (χ2n) is 5.73. The molecule has 0 fully saturated rings. The van der Waals surface area contributed by atoms with E-state index in [-0.39, 0.29) is 12.6 Å². The molecule has 140 valence electrons. The molecule has 0 aliphatic rings. The van der Waals surface area contributed by atoms with Crippen molar-refractivity contribution in [3.63, 3.8) is 0 Å². The topological polar surface area (TPSA) is 74.7 Å². The molecule has 0 spiro atoms. The lowest BCUT2D eigenvalue weighted by molar-refractivity contribution is 0.284. The van der Waals surface area contributed by atoms with Crippen molar-refractivity contribution >= 4 is 23.8 Å². The standard InChI is InChI=1S/C19H18ClFN4O2/c1-12-10-25(19(22)24-12)23-9-13-4-3-5-17(26-2)18(13)27-11-14-6-7-15(21)8-16(14)20/h3-10H,11H2,1-2H3,(H2,22,24). The highest BCUT2D eigenvalue weighted by Gasteiger charge is 2.11. The van der Waals surface area contributed by atoms with Gasteiger partial charge in [0.05, 0.1) is 30.2 Å². The van der Waals surface area contributed by atoms with Crippen LogP contribution in [0.4, 0.5) is 10.3 Å². The van der Waals surface area contributed by atoms with Crippen LogP contribution >= 0.6 is 11.6 Å². The Morgan fingerprint density at radius 3 is 2.81 bits per heavy atom. The molecule has 0 unspecified atom stereocenters. The number of nitrogen functional groups attached to an aromatic ring is 1. The van der Waals surface area contributed by atoms with Gasteiger partial charge in [0, 0.05) is 11.1 Å². The van der Waals surface area contributed by atoms with Gasteiger partial charge in [-0.2, -0.15) is 5.10 Å². The van der Waals surface area contributed by atoms with E-state index in [1.807, 2.05) is 19.1 Å². The first kappa shape index (κ1) is 18.7. The average molecular weight is 389 g/mol. The number of halogens is 2. The van der Waals surface area contributed by atoms with E-state index in [2.05, 4.69) is 10.1 Å². The van der Waals surface area contributed by atoms with Crippen LogP contribution in [0.1, 0.15) is 16.8 Å². The lowest BCUT2D eigenvalue weighted by atomic mass is 10.2. The molecule has 2 aromatic carbocycles. The molecule has 0 amide bonds. The van der Waals surface area contributed by atoms with Crippen LogP contribution in [0.3, 0.4) is 0 Å². The van der Waals surface area contributed by atoms with Gasteiger partial charge >= 0.3 is 0 Å². The summed E-state index contributed by atoms with van der Waals surface area (Å²) in [6, 6.07) is 9.58. The van der Waals surface area contributed by atoms with Crippen molar-refractivity contribution in [3.8, 4) is 11.5 Å². The Hall–Kier alpha value is -3.06. The van der Waals surface area contributed by atoms with Gasteiger partial charge < -0.3 is 15.2 Å². The molecule has 1 heterocycles. The number of methoxy groups -OCH3 is 1. The molecule has 1 aromatic heterocycles. The highest BCUT2D eigenvalue weighted by molar-refractivity contribution is 6.31. The maximum absolute atomic E-state index is 13.2. The summed E-state index contributed by atoms with van der Waals surface area (Å²) in [4.78, 5) is 4.10. The Bertz CT molecular complexity index is 988. The zero-order valence-corrected chi connectivity index (χ0v) is 15.6. The number of para-hydroxylation sites is 1. The zero-order chi connectivity index (χ0) is 19.4. The van der Waals surface area contributed by atoms with E-state index in [0.717, 1.165) is 5.69 Å². The number of anilines is 1. The van der Waals surface area contributed by atoms with Crippen molar-refractivity contribution < 1.29 is 13.9 Å². The summed E-state index contributed by atoms with van der Waals surface area (Å²) in [7, 11) is 1.55. The number of rotatable bonds is 6. The van der Waals surface area contributed by atoms with Crippen LogP contribution in [0.25, 0.3) is 0 Å². The fraction of sp³-hybridized carbons (Fsp3) is 0.158. The Balaban J connectivity index is 1.88. The summed E-state index contributed by atoms with van der Waals surface area (Å²) in [5.74, 6) is 0.904. The fourth-order valence-corrected chi connectivity index (χ4v) is 2.68. The molecular weight excluding hydrogens is 371 g/mol. The van der Waals surface area contributed by atoms with Gasteiger partial charge in [0.15, 0.2) is 11.5 Å². The van der Waals surface area contributed by atoms with Crippen molar-refractivity contribution in [3.05, 3.63) is 70.3 Å². The van der Waals surface area contributed by atoms with Gasteiger partial charge in [-0.1, -0.05) is 23.7 Å². The first-order valence-electron chi connectivity index (χ1n) is 8.07. The molecule has 0 aliphatic carbocycles. The molecular formula is C19H18ClFN4O2. The van der Waals surface area contributed by atoms with Crippen LogP contribution in [-0.4, -0.2) is 23.0 Å². The average Bonchev–Trinajstić information content (AvgIpc) is 2.96. The lowest BCUT2D eigenvalue weighted by Crippen LogP contribution is -2.02. The number of benzene rings is 2. The van der Waals surface area contributed by atoms with E-state index in [0.29, 0.717) is 27.6 Å². The van der Waals surface area contributed by atoms with E-state index in [9.17, 15) is 4.39 Å². The molecule has 8 heteroatoms. The number of nitrogens with zero attached hydrogens (tertiary/aromatic N) is 3. The van der Waals surface area contributed by atoms with Gasteiger partial charge in [-0.05, 0) is 31.2 Å². The number of aromatic nitrogens is 2. The van der Waals surface area contributed by atoms with Gasteiger partial charge in [0.25, 0.3) is 0 Å². The summed E-state index contributed by atoms with van der Waals surface area (Å²) in [5.41, 5.74) is 7.89. The van der Waals surface area contributed by atoms with Crippen LogP contribution < -0.4 is 15.2 Å². The number of aryl methyl sites for hydroxylation is 1. The quantitative estimate of drug-likeness (QED) is 0.647. The molecule has 6 nitrogen and oxygen atoms in total. The van der Waals surface area contributed by atoms with Crippen molar-refractivity contribution in [2.45, 2.75) is 13.5 Å². The molecule has 0 radical (unpaired) electrons. The molecule has 0 saturated carbocycles. The largest absolute Gasteiger partial charge is 0.493 e. The van der Waals surface area contributed by atoms with E-state index >= 15 is 0 Å². The van der Waals surface area contributed by atoms with Gasteiger partial charge in [0.1, 0.15) is 12.4 Å². The second kappa shape index (κ2) is 8.09. The summed E-state index contributed by atoms with van der Waals surface area (Å²) < 4.78 is 26.0. The van der Waals surface area contributed by atoms with Crippen molar-refractivity contribution in [2.24, 2.45) is 5.10 Å². The second-order valence-corrected chi connectivity index (χ2v) is 6.14. The highest BCUT2D eigenvalue weighted by Crippen LogP contribution is 2.31. The first-order valence-corrected chi connectivity index (χ1v) is 8.45. The Kier molecular flexibility index (Phi) is 5.61. The fourth-order valence-electron chi connectivity index (χ4n) is 2.46. The van der Waals surface area contributed by atoms with Crippen LogP contribution in [0.5, 0.6) is 11.5 Å². The van der Waals surface area contributed by atoms with E-state index in [1.165, 1.54) is 16.8 Å². The van der Waals surface area contributed by atoms with Crippen molar-refractivity contribution in [2.75, 3.05) is 12.8 Å². The monoisotopic (exact) mass is 388 g/mol. The minimum atomic E-state index is -0.401. The first-order chi connectivity index (χ1) is 13.0. The molecule has 27 heavy (non-hydrogen) atoms. The van der Waals surface area contributed by atoms with Gasteiger partial charge in [-0.3, -0.25) is 0 Å². The van der Waals surface area contributed by atoms with E-state index < -0.39 is 5.82 Å². The van der Waals surface area contributed by atoms with Crippen molar-refractivity contribution in [1.29, 1.82) is 0 Å². The molecule has 3 rings (SSSR count). The Labute approximate surface area is 161 Å². The number of hydrogen-bond donors (Lipinski definition) is 1. The Morgan fingerprint density at radius 1 is 1.33 bits per heavy atom. The maximum Gasteiger partial charge on any atom is 0.221 e. The van der Waals surface area contributed by atoms with Gasteiger partial charge in [-0.25, -0.2) is 14.1 Å². The maximum atomic E-state index is 13.2. The number of nitrogens with two attached hydrogens (primary N) is 1. The van der Waals surface area contributed by atoms with E-state index in [1.54, 1.807) is 31.7 Å². The smallest absolute Gasteiger partial charge is 0.221 e. The van der Waals surface area contributed by atoms with Crippen LogP contribution in [0.15, 0.2) is 47.7 Å². The van der Waals surface area contributed by atoms with Crippen LogP contribution in [-0.2, 0) is 6.61 Å². The molecule has 0 saturated heterocycles. The van der Waals surface area contributed by atoms with Gasteiger partial charge in [-0.15, -0.1) is 0 Å². The van der Waals surface area contributed by atoms with Crippen LogP contribution in [0.2, 0.25) is 5.02 Å². The summed E-state index contributed by atoms with van der Waals surface area (Å²) in [6.07, 6.45) is 3.31. The normalized spacial score (nSPS) is 11.1. The molecule has 0 atom stereocenters. The SMILES string of the molecule is COc1cccc(C=Nn2cc(C)nc2N)c1OCc1ccc(F)cc1Cl. The predicted molar refractivity (Wildman–Crippen MR) is 103 cm³/mol. The molecule has 0 aliphatic heterocycles. The predicted octanol–water partition coefficient (Wildman–Crippen LogP) is 4.04. The summed E-state index contributed by atoms with van der Waals surface area (Å²) >= 11 is 6.07. The molecule has 3 aromatic rings. The third-order valence-electron chi connectivity index (χ3n) is 3.77. The van der Waals surface area contributed by atoms with Crippen LogP contribution in [0, 0.1) is 12.7 Å². The Morgan fingerprint density at radius 2 is 2.15 bits per heavy atom. The third kappa shape index (κ3) is 4.38. The van der Waals surface area contributed by atoms with E-state index in [4.69, 9.17) is 26.8 Å². The highest BCUT2D eigenvalue weighted by atomic mass is 35.5. The lowest BCUT2D eigenvalue weighted by Gasteiger charge is -2.14. The third-order valence-corrected chi connectivity index (χ3v) is 4.12. The minimum absolute atomic E-state index is 0.145. The summed E-state index contributed by atoms with van der Waals surface area (Å²) in [5, 5.41) is 4.60. The number of hydrogen-bond acceptors (Lipinski definition) is 5. The van der Waals surface area contributed by atoms with Gasteiger partial charge in [0.2, 0.25) is 5.95 Å². The molecule has 0 bridgehead atoms. The summed E-state index contributed by atoms with van der Waals surface area (Å²) in [6.45, 7) is 1.97. The number of ether oxygens (including phenoxy) is 2. The zero-order valence-electron chi connectivity index (χ0n) is 14.8. The van der Waals surface area contributed by atoms with Crippen molar-refractivity contribution in [1.82, 2.24) is 9.66 Å². The number of imidazole rings is 1. The minimum Gasteiger partial charge on any atom is -0.493 e.